The van der Waals surface area contributed by atoms with E-state index in [9.17, 15) is 4.79 Å². The number of aromatic nitrogens is 2. The lowest BCUT2D eigenvalue weighted by Gasteiger charge is -2.35. The molecule has 0 spiro atoms. The topological polar surface area (TPSA) is 67.8 Å². The Balaban J connectivity index is 1.67. The second-order valence-electron chi connectivity index (χ2n) is 5.87. The van der Waals surface area contributed by atoms with Gasteiger partial charge in [-0.3, -0.25) is 4.79 Å². The Kier molecular flexibility index (Phi) is 5.02. The molecule has 7 heteroatoms. The van der Waals surface area contributed by atoms with Crippen LogP contribution in [-0.2, 0) is 0 Å². The van der Waals surface area contributed by atoms with Crippen LogP contribution in [0.15, 0.2) is 30.3 Å². The summed E-state index contributed by atoms with van der Waals surface area (Å²) >= 11 is 0. The van der Waals surface area contributed by atoms with Gasteiger partial charge < -0.3 is 19.3 Å². The number of carbonyl (C=O) groups excluding carboxylic acids is 1. The van der Waals surface area contributed by atoms with Crippen molar-refractivity contribution >= 4 is 11.7 Å². The number of carbonyl (C=O) groups is 1. The lowest BCUT2D eigenvalue weighted by Crippen LogP contribution is -2.49. The normalized spacial score (nSPS) is 14.4. The molecule has 0 N–H and O–H groups in total. The zero-order valence-corrected chi connectivity index (χ0v) is 14.7. The van der Waals surface area contributed by atoms with Crippen LogP contribution >= 0.6 is 0 Å². The van der Waals surface area contributed by atoms with Crippen molar-refractivity contribution in [2.45, 2.75) is 6.92 Å². The Bertz CT molecular complexity index is 758. The van der Waals surface area contributed by atoms with E-state index in [1.54, 1.807) is 20.3 Å². The van der Waals surface area contributed by atoms with E-state index in [4.69, 9.17) is 9.47 Å². The van der Waals surface area contributed by atoms with Crippen LogP contribution in [0, 0.1) is 6.92 Å². The number of hydrogen-bond acceptors (Lipinski definition) is 6. The first-order valence-electron chi connectivity index (χ1n) is 8.18. The number of benzene rings is 1. The Morgan fingerprint density at radius 2 is 1.80 bits per heavy atom. The summed E-state index contributed by atoms with van der Waals surface area (Å²) in [4.78, 5) is 25.3. The Morgan fingerprint density at radius 3 is 2.48 bits per heavy atom. The Hall–Kier alpha value is -2.83. The van der Waals surface area contributed by atoms with Crippen LogP contribution in [-0.4, -0.2) is 61.2 Å². The second-order valence-corrected chi connectivity index (χ2v) is 5.87. The van der Waals surface area contributed by atoms with Crippen molar-refractivity contribution in [2.75, 3.05) is 45.3 Å². The summed E-state index contributed by atoms with van der Waals surface area (Å²) in [6.45, 7) is 4.63. The summed E-state index contributed by atoms with van der Waals surface area (Å²) in [7, 11) is 3.16. The molecule has 0 aliphatic carbocycles. The molecule has 1 saturated heterocycles. The zero-order chi connectivity index (χ0) is 17.8. The minimum atomic E-state index is 0.0231. The maximum absolute atomic E-state index is 12.7. The number of anilines is 1. The summed E-state index contributed by atoms with van der Waals surface area (Å²) in [6.07, 6.45) is 0. The van der Waals surface area contributed by atoms with E-state index in [0.29, 0.717) is 30.4 Å². The van der Waals surface area contributed by atoms with Gasteiger partial charge in [-0.25, -0.2) is 4.98 Å². The molecule has 1 aliphatic rings. The standard InChI is InChI=1S/C18H22N4O3/c1-13-11-16(20-18(19-13)25-3)21-7-9-22(10-8-21)17(23)14-5-4-6-15(12-14)24-2/h4-6,11-12H,7-10H2,1-3H3. The number of rotatable bonds is 4. The van der Waals surface area contributed by atoms with Crippen molar-refractivity contribution in [1.29, 1.82) is 0 Å². The van der Waals surface area contributed by atoms with Crippen molar-refractivity contribution in [3.05, 3.63) is 41.6 Å². The molecule has 1 aliphatic heterocycles. The highest BCUT2D eigenvalue weighted by atomic mass is 16.5. The molecular weight excluding hydrogens is 320 g/mol. The molecule has 1 aromatic carbocycles. The van der Waals surface area contributed by atoms with Gasteiger partial charge in [0.2, 0.25) is 0 Å². The number of amides is 1. The average molecular weight is 342 g/mol. The van der Waals surface area contributed by atoms with Crippen molar-refractivity contribution in [3.8, 4) is 11.8 Å². The number of methoxy groups -OCH3 is 2. The summed E-state index contributed by atoms with van der Waals surface area (Å²) in [5.74, 6) is 1.54. The van der Waals surface area contributed by atoms with Crippen molar-refractivity contribution < 1.29 is 14.3 Å². The van der Waals surface area contributed by atoms with Gasteiger partial charge in [0.1, 0.15) is 11.6 Å². The van der Waals surface area contributed by atoms with E-state index in [1.807, 2.05) is 36.1 Å². The molecular formula is C18H22N4O3. The van der Waals surface area contributed by atoms with Crippen LogP contribution in [0.4, 0.5) is 5.82 Å². The molecule has 0 unspecified atom stereocenters. The van der Waals surface area contributed by atoms with Crippen LogP contribution in [0.25, 0.3) is 0 Å². The van der Waals surface area contributed by atoms with Gasteiger partial charge in [-0.05, 0) is 25.1 Å². The first-order valence-corrected chi connectivity index (χ1v) is 8.18. The molecule has 2 heterocycles. The van der Waals surface area contributed by atoms with Crippen LogP contribution < -0.4 is 14.4 Å². The molecule has 0 atom stereocenters. The third-order valence-electron chi connectivity index (χ3n) is 4.21. The maximum atomic E-state index is 12.7. The van der Waals surface area contributed by atoms with Gasteiger partial charge >= 0.3 is 6.01 Å². The fourth-order valence-corrected chi connectivity index (χ4v) is 2.86. The van der Waals surface area contributed by atoms with Crippen LogP contribution in [0.2, 0.25) is 0 Å². The number of nitrogens with zero attached hydrogens (tertiary/aromatic N) is 4. The molecule has 0 bridgehead atoms. The Morgan fingerprint density at radius 1 is 1.04 bits per heavy atom. The zero-order valence-electron chi connectivity index (χ0n) is 14.7. The molecule has 1 amide bonds. The molecule has 2 aromatic rings. The summed E-state index contributed by atoms with van der Waals surface area (Å²) < 4.78 is 10.3. The lowest BCUT2D eigenvalue weighted by molar-refractivity contribution is 0.0746. The number of ether oxygens (including phenoxy) is 2. The van der Waals surface area contributed by atoms with Crippen molar-refractivity contribution in [1.82, 2.24) is 14.9 Å². The minimum Gasteiger partial charge on any atom is -0.497 e. The maximum Gasteiger partial charge on any atom is 0.318 e. The largest absolute Gasteiger partial charge is 0.497 e. The van der Waals surface area contributed by atoms with E-state index in [-0.39, 0.29) is 5.91 Å². The molecule has 7 nitrogen and oxygen atoms in total. The highest BCUT2D eigenvalue weighted by molar-refractivity contribution is 5.94. The predicted molar refractivity (Wildman–Crippen MR) is 94.4 cm³/mol. The minimum absolute atomic E-state index is 0.0231. The van der Waals surface area contributed by atoms with Gasteiger partial charge in [0.25, 0.3) is 5.91 Å². The fourth-order valence-electron chi connectivity index (χ4n) is 2.86. The predicted octanol–water partition coefficient (Wildman–Crippen LogP) is 1.76. The van der Waals surface area contributed by atoms with Crippen molar-refractivity contribution in [3.63, 3.8) is 0 Å². The Labute approximate surface area is 147 Å². The molecule has 132 valence electrons. The number of aryl methyl sites for hydroxylation is 1. The first kappa shape index (κ1) is 17.0. The van der Waals surface area contributed by atoms with Gasteiger partial charge in [0.05, 0.1) is 14.2 Å². The molecule has 1 aromatic heterocycles. The quantitative estimate of drug-likeness (QED) is 0.843. The van der Waals surface area contributed by atoms with Gasteiger partial charge in [0.15, 0.2) is 0 Å². The third-order valence-corrected chi connectivity index (χ3v) is 4.21. The lowest BCUT2D eigenvalue weighted by atomic mass is 10.1. The van der Waals surface area contributed by atoms with Gasteiger partial charge in [-0.1, -0.05) is 6.07 Å². The molecule has 0 saturated carbocycles. The van der Waals surface area contributed by atoms with Crippen LogP contribution in [0.5, 0.6) is 11.8 Å². The molecule has 25 heavy (non-hydrogen) atoms. The second kappa shape index (κ2) is 7.38. The summed E-state index contributed by atoms with van der Waals surface area (Å²) in [5, 5.41) is 0. The third kappa shape index (κ3) is 3.81. The van der Waals surface area contributed by atoms with Crippen LogP contribution in [0.1, 0.15) is 16.1 Å². The smallest absolute Gasteiger partial charge is 0.318 e. The number of piperazine rings is 1. The fraction of sp³-hybridized carbons (Fsp3) is 0.389. The highest BCUT2D eigenvalue weighted by Gasteiger charge is 2.23. The molecule has 3 rings (SSSR count). The summed E-state index contributed by atoms with van der Waals surface area (Å²) in [5.41, 5.74) is 1.50. The summed E-state index contributed by atoms with van der Waals surface area (Å²) in [6, 6.07) is 9.55. The molecule has 0 radical (unpaired) electrons. The average Bonchev–Trinajstić information content (AvgIpc) is 2.67. The van der Waals surface area contributed by atoms with E-state index in [1.165, 1.54) is 0 Å². The van der Waals surface area contributed by atoms with E-state index in [2.05, 4.69) is 14.9 Å². The van der Waals surface area contributed by atoms with Gasteiger partial charge in [0, 0.05) is 43.5 Å². The highest BCUT2D eigenvalue weighted by Crippen LogP contribution is 2.19. The monoisotopic (exact) mass is 342 g/mol. The van der Waals surface area contributed by atoms with E-state index >= 15 is 0 Å². The first-order chi connectivity index (χ1) is 12.1. The van der Waals surface area contributed by atoms with Gasteiger partial charge in [-0.2, -0.15) is 4.98 Å². The molecule has 1 fully saturated rings. The SMILES string of the molecule is COc1cccc(C(=O)N2CCN(c3cc(C)nc(OC)n3)CC2)c1. The van der Waals surface area contributed by atoms with Gasteiger partial charge in [-0.15, -0.1) is 0 Å². The van der Waals surface area contributed by atoms with E-state index < -0.39 is 0 Å². The van der Waals surface area contributed by atoms with Crippen molar-refractivity contribution in [2.24, 2.45) is 0 Å². The van der Waals surface area contributed by atoms with E-state index in [0.717, 1.165) is 24.6 Å². The number of hydrogen-bond donors (Lipinski definition) is 0. The van der Waals surface area contributed by atoms with Crippen LogP contribution in [0.3, 0.4) is 0 Å².